The van der Waals surface area contributed by atoms with Gasteiger partial charge in [-0.05, 0) is 36.7 Å². The van der Waals surface area contributed by atoms with Gasteiger partial charge >= 0.3 is 0 Å². The molecule has 0 unspecified atom stereocenters. The Labute approximate surface area is 175 Å². The number of hydrogen-bond donors (Lipinski definition) is 0. The number of hydrogen-bond acceptors (Lipinski definition) is 3. The number of imidazole rings is 1. The molecule has 154 valence electrons. The lowest BCUT2D eigenvalue weighted by molar-refractivity contribution is 0.100. The average molecular weight is 421 g/mol. The highest BCUT2D eigenvalue weighted by atomic mass is 35.5. The van der Waals surface area contributed by atoms with Gasteiger partial charge in [0.05, 0.1) is 23.0 Å². The zero-order chi connectivity index (χ0) is 21.1. The lowest BCUT2D eigenvalue weighted by atomic mass is 10.2. The molecule has 6 heteroatoms. The van der Waals surface area contributed by atoms with E-state index in [1.54, 1.807) is 6.92 Å². The van der Waals surface area contributed by atoms with Crippen molar-refractivity contribution in [3.63, 3.8) is 0 Å². The van der Waals surface area contributed by atoms with Crippen molar-refractivity contribution in [2.75, 3.05) is 0 Å². The Kier molecular flexibility index (Phi) is 7.29. The molecule has 2 rings (SSSR count). The van der Waals surface area contributed by atoms with Crippen LogP contribution in [0.15, 0.2) is 24.3 Å². The second kappa shape index (κ2) is 8.93. The molecule has 1 aromatic heterocycles. The number of aromatic nitrogens is 2. The summed E-state index contributed by atoms with van der Waals surface area (Å²) in [5, 5.41) is 0.705. The summed E-state index contributed by atoms with van der Waals surface area (Å²) < 4.78 is 8.32. The van der Waals surface area contributed by atoms with Crippen LogP contribution in [0.5, 0.6) is 0 Å². The predicted molar refractivity (Wildman–Crippen MR) is 119 cm³/mol. The standard InChI is InChI=1S/C22H33ClN2O2Si/c1-8-9-14-20-24-18(15-27-28(6,7)22(3,4)5)21(16(2)26)25(20)19-13-11-10-12-17(19)23/h10-13H,8-9,14-15H2,1-7H3. The van der Waals surface area contributed by atoms with Crippen LogP contribution in [0, 0.1) is 0 Å². The highest BCUT2D eigenvalue weighted by Crippen LogP contribution is 2.37. The van der Waals surface area contributed by atoms with Crippen molar-refractivity contribution in [3.8, 4) is 5.69 Å². The molecule has 0 amide bonds. The zero-order valence-corrected chi connectivity index (χ0v) is 20.0. The minimum Gasteiger partial charge on any atom is -0.411 e. The van der Waals surface area contributed by atoms with Gasteiger partial charge in [0.1, 0.15) is 11.5 Å². The van der Waals surface area contributed by atoms with Gasteiger partial charge in [0, 0.05) is 13.3 Å². The van der Waals surface area contributed by atoms with E-state index in [0.29, 0.717) is 23.0 Å². The smallest absolute Gasteiger partial charge is 0.192 e. The summed E-state index contributed by atoms with van der Waals surface area (Å²) in [7, 11) is -1.96. The SMILES string of the molecule is CCCCc1nc(CO[Si](C)(C)C(C)(C)C)c(C(C)=O)n1-c1ccccc1Cl. The lowest BCUT2D eigenvalue weighted by Gasteiger charge is -2.36. The van der Waals surface area contributed by atoms with Crippen LogP contribution in [0.2, 0.25) is 23.2 Å². The van der Waals surface area contributed by atoms with E-state index >= 15 is 0 Å². The molecule has 4 nitrogen and oxygen atoms in total. The van der Waals surface area contributed by atoms with Crippen molar-refractivity contribution in [2.45, 2.75) is 78.6 Å². The first kappa shape index (κ1) is 22.9. The third-order valence-electron chi connectivity index (χ3n) is 5.58. The van der Waals surface area contributed by atoms with Crippen molar-refractivity contribution in [1.82, 2.24) is 9.55 Å². The Morgan fingerprint density at radius 3 is 2.43 bits per heavy atom. The van der Waals surface area contributed by atoms with Crippen molar-refractivity contribution in [1.29, 1.82) is 0 Å². The molecule has 1 aromatic carbocycles. The Balaban J connectivity index is 2.55. The molecular weight excluding hydrogens is 388 g/mol. The maximum atomic E-state index is 12.6. The third kappa shape index (κ3) is 4.94. The van der Waals surface area contributed by atoms with Crippen molar-refractivity contribution in [3.05, 3.63) is 46.5 Å². The summed E-state index contributed by atoms with van der Waals surface area (Å²) in [5.41, 5.74) is 2.09. The van der Waals surface area contributed by atoms with Crippen LogP contribution >= 0.6 is 11.6 Å². The minimum absolute atomic E-state index is 0.0241. The van der Waals surface area contributed by atoms with Crippen LogP contribution in [0.3, 0.4) is 0 Å². The number of unbranched alkanes of at least 4 members (excludes halogenated alkanes) is 1. The Hall–Kier alpha value is -1.43. The largest absolute Gasteiger partial charge is 0.411 e. The van der Waals surface area contributed by atoms with Crippen molar-refractivity contribution in [2.24, 2.45) is 0 Å². The van der Waals surface area contributed by atoms with E-state index in [-0.39, 0.29) is 10.8 Å². The molecule has 0 aliphatic rings. The monoisotopic (exact) mass is 420 g/mol. The van der Waals surface area contributed by atoms with Crippen LogP contribution in [0.1, 0.15) is 69.5 Å². The Morgan fingerprint density at radius 2 is 1.89 bits per heavy atom. The topological polar surface area (TPSA) is 44.1 Å². The van der Waals surface area contributed by atoms with Crippen LogP contribution in [0.4, 0.5) is 0 Å². The summed E-state index contributed by atoms with van der Waals surface area (Å²) >= 11 is 6.48. The molecule has 0 N–H and O–H groups in total. The number of nitrogens with zero attached hydrogens (tertiary/aromatic N) is 2. The van der Waals surface area contributed by atoms with Crippen LogP contribution in [-0.2, 0) is 17.5 Å². The van der Waals surface area contributed by atoms with E-state index in [9.17, 15) is 4.79 Å². The predicted octanol–water partition coefficient (Wildman–Crippen LogP) is 6.59. The first-order valence-corrected chi connectivity index (χ1v) is 13.3. The van der Waals surface area contributed by atoms with E-state index in [1.165, 1.54) is 0 Å². The number of benzene rings is 1. The summed E-state index contributed by atoms with van der Waals surface area (Å²) in [4.78, 5) is 17.5. The van der Waals surface area contributed by atoms with Crippen LogP contribution < -0.4 is 0 Å². The first-order chi connectivity index (χ1) is 13.0. The molecule has 0 fully saturated rings. The highest BCUT2D eigenvalue weighted by molar-refractivity contribution is 6.74. The third-order valence-corrected chi connectivity index (χ3v) is 10.4. The maximum absolute atomic E-state index is 12.6. The number of rotatable bonds is 8. The molecule has 1 heterocycles. The molecule has 0 bridgehead atoms. The van der Waals surface area contributed by atoms with Gasteiger partial charge in [0.25, 0.3) is 0 Å². The molecule has 0 saturated carbocycles. The zero-order valence-electron chi connectivity index (χ0n) is 18.2. The van der Waals surface area contributed by atoms with Crippen LogP contribution in [0.25, 0.3) is 5.69 Å². The maximum Gasteiger partial charge on any atom is 0.192 e. The van der Waals surface area contributed by atoms with Crippen molar-refractivity contribution >= 4 is 25.7 Å². The fraction of sp³-hybridized carbons (Fsp3) is 0.545. The Bertz CT molecular complexity index is 838. The van der Waals surface area contributed by atoms with Gasteiger partial charge in [-0.3, -0.25) is 9.36 Å². The molecule has 2 aromatic rings. The van der Waals surface area contributed by atoms with Gasteiger partial charge in [-0.1, -0.05) is 57.8 Å². The minimum atomic E-state index is -1.96. The first-order valence-electron chi connectivity index (χ1n) is 10.00. The normalized spacial score (nSPS) is 12.4. The quantitative estimate of drug-likeness (QED) is 0.357. The number of para-hydroxylation sites is 1. The molecule has 0 saturated heterocycles. The number of aryl methyl sites for hydroxylation is 1. The van der Waals surface area contributed by atoms with E-state index < -0.39 is 8.32 Å². The fourth-order valence-electron chi connectivity index (χ4n) is 2.84. The van der Waals surface area contributed by atoms with Crippen molar-refractivity contribution < 1.29 is 9.22 Å². The number of Topliss-reactive ketones (excluding diaryl/α,β-unsaturated/α-hetero) is 1. The van der Waals surface area contributed by atoms with E-state index in [2.05, 4.69) is 40.8 Å². The molecular formula is C22H33ClN2O2Si. The summed E-state index contributed by atoms with van der Waals surface area (Å²) in [5.74, 6) is 0.845. The summed E-state index contributed by atoms with van der Waals surface area (Å²) in [6, 6.07) is 7.60. The molecule has 0 spiro atoms. The molecule has 0 aliphatic heterocycles. The summed E-state index contributed by atoms with van der Waals surface area (Å²) in [6.07, 6.45) is 2.85. The highest BCUT2D eigenvalue weighted by Gasteiger charge is 2.37. The van der Waals surface area contributed by atoms with Crippen LogP contribution in [-0.4, -0.2) is 23.7 Å². The molecule has 0 aliphatic carbocycles. The van der Waals surface area contributed by atoms with Gasteiger partial charge in [0.15, 0.2) is 14.1 Å². The second-order valence-electron chi connectivity index (χ2n) is 8.82. The number of carbonyl (C=O) groups is 1. The average Bonchev–Trinajstić information content (AvgIpc) is 2.96. The second-order valence-corrected chi connectivity index (χ2v) is 14.0. The fourth-order valence-corrected chi connectivity index (χ4v) is 3.99. The van der Waals surface area contributed by atoms with E-state index in [4.69, 9.17) is 21.0 Å². The van der Waals surface area contributed by atoms with Gasteiger partial charge in [-0.25, -0.2) is 4.98 Å². The number of halogens is 1. The number of ketones is 1. The lowest BCUT2D eigenvalue weighted by Crippen LogP contribution is -2.40. The van der Waals surface area contributed by atoms with E-state index in [0.717, 1.165) is 30.8 Å². The van der Waals surface area contributed by atoms with Gasteiger partial charge < -0.3 is 4.43 Å². The molecule has 0 atom stereocenters. The van der Waals surface area contributed by atoms with E-state index in [1.807, 2.05) is 28.8 Å². The number of carbonyl (C=O) groups excluding carboxylic acids is 1. The molecule has 28 heavy (non-hydrogen) atoms. The van der Waals surface area contributed by atoms with Gasteiger partial charge in [-0.2, -0.15) is 0 Å². The summed E-state index contributed by atoms with van der Waals surface area (Å²) in [6.45, 7) is 15.1. The van der Waals surface area contributed by atoms with Gasteiger partial charge in [-0.15, -0.1) is 0 Å². The molecule has 0 radical (unpaired) electrons. The Morgan fingerprint density at radius 1 is 1.25 bits per heavy atom. The van der Waals surface area contributed by atoms with Gasteiger partial charge in [0.2, 0.25) is 0 Å².